The normalized spacial score (nSPS) is 11.3. The maximum absolute atomic E-state index is 13.1. The molecule has 0 radical (unpaired) electrons. The molecule has 0 bridgehead atoms. The topological polar surface area (TPSA) is 63.2 Å². The quantitative estimate of drug-likeness (QED) is 0.692. The van der Waals surface area contributed by atoms with E-state index in [9.17, 15) is 26.4 Å². The molecule has 0 saturated heterocycles. The number of ketones is 1. The first-order chi connectivity index (χ1) is 10.2. The summed E-state index contributed by atoms with van der Waals surface area (Å²) in [5, 5.41) is 0. The Kier molecular flexibility index (Phi) is 4.23. The van der Waals surface area contributed by atoms with Gasteiger partial charge in [0.2, 0.25) is 0 Å². The van der Waals surface area contributed by atoms with Gasteiger partial charge in [-0.3, -0.25) is 9.52 Å². The smallest absolute Gasteiger partial charge is 0.261 e. The molecule has 116 valence electrons. The van der Waals surface area contributed by atoms with Crippen molar-refractivity contribution in [2.24, 2.45) is 0 Å². The highest BCUT2D eigenvalue weighted by Gasteiger charge is 2.17. The van der Waals surface area contributed by atoms with Crippen LogP contribution in [0, 0.1) is 17.5 Å². The number of Topliss-reactive ketones (excluding diaryl/α,β-unsaturated/α-hetero) is 1. The lowest BCUT2D eigenvalue weighted by molar-refractivity contribution is 0.101. The van der Waals surface area contributed by atoms with E-state index in [-0.39, 0.29) is 10.7 Å². The molecule has 8 heteroatoms. The maximum Gasteiger partial charge on any atom is 0.261 e. The molecule has 0 fully saturated rings. The lowest BCUT2D eigenvalue weighted by Gasteiger charge is -2.09. The van der Waals surface area contributed by atoms with Crippen molar-refractivity contribution in [3.05, 3.63) is 59.4 Å². The number of hydrogen-bond donors (Lipinski definition) is 1. The molecule has 4 nitrogen and oxygen atoms in total. The predicted octanol–water partition coefficient (Wildman–Crippen LogP) is 3.11. The number of carbonyl (C=O) groups is 1. The molecular formula is C14H10F3NO3S. The number of carbonyl (C=O) groups excluding carboxylic acids is 1. The number of halogens is 3. The first-order valence-corrected chi connectivity index (χ1v) is 7.47. The van der Waals surface area contributed by atoms with Crippen LogP contribution in [0.3, 0.4) is 0 Å². The number of sulfonamides is 1. The SMILES string of the molecule is CC(=O)c1ccc(S(=O)(=O)Nc2cc(F)c(F)c(F)c2)cc1. The van der Waals surface area contributed by atoms with Gasteiger partial charge >= 0.3 is 0 Å². The highest BCUT2D eigenvalue weighted by Crippen LogP contribution is 2.21. The number of anilines is 1. The average Bonchev–Trinajstić information content (AvgIpc) is 2.44. The fourth-order valence-corrected chi connectivity index (χ4v) is 2.74. The van der Waals surface area contributed by atoms with Gasteiger partial charge in [0.25, 0.3) is 10.0 Å². The van der Waals surface area contributed by atoms with Crippen molar-refractivity contribution in [1.29, 1.82) is 0 Å². The van der Waals surface area contributed by atoms with E-state index in [1.807, 2.05) is 4.72 Å². The molecule has 0 saturated carbocycles. The maximum atomic E-state index is 13.1. The summed E-state index contributed by atoms with van der Waals surface area (Å²) in [6.07, 6.45) is 0. The molecule has 0 aliphatic heterocycles. The molecular weight excluding hydrogens is 319 g/mol. The van der Waals surface area contributed by atoms with Crippen molar-refractivity contribution in [3.63, 3.8) is 0 Å². The molecule has 0 heterocycles. The fraction of sp³-hybridized carbons (Fsp3) is 0.0714. The van der Waals surface area contributed by atoms with Crippen LogP contribution < -0.4 is 4.72 Å². The molecule has 0 amide bonds. The van der Waals surface area contributed by atoms with E-state index in [0.717, 1.165) is 0 Å². The Balaban J connectivity index is 2.33. The molecule has 0 unspecified atom stereocenters. The van der Waals surface area contributed by atoms with Crippen molar-refractivity contribution in [3.8, 4) is 0 Å². The first-order valence-electron chi connectivity index (χ1n) is 5.99. The Bertz CT molecular complexity index is 810. The summed E-state index contributed by atoms with van der Waals surface area (Å²) < 4.78 is 65.0. The lowest BCUT2D eigenvalue weighted by Crippen LogP contribution is -2.13. The molecule has 1 N–H and O–H groups in total. The van der Waals surface area contributed by atoms with E-state index < -0.39 is 33.2 Å². The summed E-state index contributed by atoms with van der Waals surface area (Å²) >= 11 is 0. The highest BCUT2D eigenvalue weighted by atomic mass is 32.2. The minimum absolute atomic E-state index is 0.206. The van der Waals surface area contributed by atoms with Crippen molar-refractivity contribution < 1.29 is 26.4 Å². The van der Waals surface area contributed by atoms with E-state index >= 15 is 0 Å². The van der Waals surface area contributed by atoms with E-state index in [2.05, 4.69) is 0 Å². The first kappa shape index (κ1) is 16.0. The van der Waals surface area contributed by atoms with Gasteiger partial charge in [0.15, 0.2) is 23.2 Å². The number of hydrogen-bond acceptors (Lipinski definition) is 3. The summed E-state index contributed by atoms with van der Waals surface area (Å²) in [5.41, 5.74) is -0.134. The summed E-state index contributed by atoms with van der Waals surface area (Å²) in [4.78, 5) is 10.9. The minimum atomic E-state index is -4.12. The van der Waals surface area contributed by atoms with E-state index in [1.165, 1.54) is 31.2 Å². The standard InChI is InChI=1S/C14H10F3NO3S/c1-8(19)9-2-4-11(5-3-9)22(20,21)18-10-6-12(15)14(17)13(16)7-10/h2-7,18H,1H3. The summed E-state index contributed by atoms with van der Waals surface area (Å²) in [5.74, 6) is -4.94. The van der Waals surface area contributed by atoms with Gasteiger partial charge in [-0.05, 0) is 19.1 Å². The van der Waals surface area contributed by atoms with E-state index in [0.29, 0.717) is 17.7 Å². The zero-order valence-corrected chi connectivity index (χ0v) is 12.0. The predicted molar refractivity (Wildman–Crippen MR) is 73.6 cm³/mol. The Labute approximate surface area is 124 Å². The second kappa shape index (κ2) is 5.80. The lowest BCUT2D eigenvalue weighted by atomic mass is 10.2. The fourth-order valence-electron chi connectivity index (χ4n) is 1.70. The van der Waals surface area contributed by atoms with Gasteiger partial charge < -0.3 is 0 Å². The Morgan fingerprint density at radius 1 is 1.00 bits per heavy atom. The molecule has 0 aromatic heterocycles. The van der Waals surface area contributed by atoms with Crippen molar-refractivity contribution in [2.45, 2.75) is 11.8 Å². The van der Waals surface area contributed by atoms with Crippen molar-refractivity contribution >= 4 is 21.5 Å². The van der Waals surface area contributed by atoms with Crippen molar-refractivity contribution in [2.75, 3.05) is 4.72 Å². The molecule has 0 spiro atoms. The Morgan fingerprint density at radius 3 is 1.95 bits per heavy atom. The third-order valence-corrected chi connectivity index (χ3v) is 4.20. The van der Waals surface area contributed by atoms with Gasteiger partial charge in [0.1, 0.15) is 0 Å². The zero-order valence-electron chi connectivity index (χ0n) is 11.2. The van der Waals surface area contributed by atoms with Crippen LogP contribution in [0.25, 0.3) is 0 Å². The number of rotatable bonds is 4. The third kappa shape index (κ3) is 3.28. The van der Waals surface area contributed by atoms with Crippen molar-refractivity contribution in [1.82, 2.24) is 0 Å². The van der Waals surface area contributed by atoms with Crippen LogP contribution in [0.2, 0.25) is 0 Å². The molecule has 2 aromatic rings. The van der Waals surface area contributed by atoms with Gasteiger partial charge in [-0.1, -0.05) is 12.1 Å². The van der Waals surface area contributed by atoms with Crippen LogP contribution >= 0.6 is 0 Å². The number of nitrogens with one attached hydrogen (secondary N) is 1. The van der Waals surface area contributed by atoms with Gasteiger partial charge in [0, 0.05) is 17.7 Å². The summed E-state index contributed by atoms with van der Waals surface area (Å²) in [6.45, 7) is 1.33. The summed E-state index contributed by atoms with van der Waals surface area (Å²) in [6, 6.07) is 6.02. The van der Waals surface area contributed by atoms with Crippen LogP contribution in [0.15, 0.2) is 41.3 Å². The van der Waals surface area contributed by atoms with E-state index in [4.69, 9.17) is 0 Å². The molecule has 2 rings (SSSR count). The van der Waals surface area contributed by atoms with Gasteiger partial charge in [-0.15, -0.1) is 0 Å². The Morgan fingerprint density at radius 2 is 1.50 bits per heavy atom. The average molecular weight is 329 g/mol. The third-order valence-electron chi connectivity index (χ3n) is 2.81. The molecule has 0 aliphatic rings. The molecule has 0 aliphatic carbocycles. The molecule has 2 aromatic carbocycles. The van der Waals surface area contributed by atoms with Gasteiger partial charge in [0.05, 0.1) is 10.6 Å². The largest absolute Gasteiger partial charge is 0.295 e. The second-order valence-electron chi connectivity index (χ2n) is 4.44. The van der Waals surface area contributed by atoms with Crippen LogP contribution in [0.4, 0.5) is 18.9 Å². The van der Waals surface area contributed by atoms with E-state index in [1.54, 1.807) is 0 Å². The second-order valence-corrected chi connectivity index (χ2v) is 6.12. The molecule has 0 atom stereocenters. The minimum Gasteiger partial charge on any atom is -0.295 e. The highest BCUT2D eigenvalue weighted by molar-refractivity contribution is 7.92. The molecule has 22 heavy (non-hydrogen) atoms. The van der Waals surface area contributed by atoms with Crippen LogP contribution in [0.1, 0.15) is 17.3 Å². The van der Waals surface area contributed by atoms with Gasteiger partial charge in [-0.25, -0.2) is 21.6 Å². The summed E-state index contributed by atoms with van der Waals surface area (Å²) in [7, 11) is -4.12. The zero-order chi connectivity index (χ0) is 16.5. The number of benzene rings is 2. The van der Waals surface area contributed by atoms with Crippen LogP contribution in [0.5, 0.6) is 0 Å². The van der Waals surface area contributed by atoms with Gasteiger partial charge in [-0.2, -0.15) is 0 Å². The van der Waals surface area contributed by atoms with Crippen LogP contribution in [-0.2, 0) is 10.0 Å². The van der Waals surface area contributed by atoms with Crippen LogP contribution in [-0.4, -0.2) is 14.2 Å². The monoisotopic (exact) mass is 329 g/mol. The Hall–Kier alpha value is -2.35.